The van der Waals surface area contributed by atoms with Crippen LogP contribution >= 0.6 is 7.60 Å². The summed E-state index contributed by atoms with van der Waals surface area (Å²) in [6.45, 7) is 5.50. The zero-order valence-electron chi connectivity index (χ0n) is 37.1. The van der Waals surface area contributed by atoms with Gasteiger partial charge in [0.2, 0.25) is 0 Å². The molecule has 348 valence electrons. The first-order chi connectivity index (χ1) is 30.4. The molecule has 4 aromatic rings. The van der Waals surface area contributed by atoms with Gasteiger partial charge in [-0.1, -0.05) is 19.6 Å². The zero-order valence-corrected chi connectivity index (χ0v) is 38.0. The Balaban J connectivity index is 0.000000285. The third-order valence-electron chi connectivity index (χ3n) is 10.7. The second-order valence-corrected chi connectivity index (χ2v) is 18.0. The van der Waals surface area contributed by atoms with Crippen LogP contribution in [0.4, 0.5) is 11.6 Å². The van der Waals surface area contributed by atoms with E-state index in [0.717, 1.165) is 93.8 Å². The van der Waals surface area contributed by atoms with Crippen molar-refractivity contribution in [3.8, 4) is 0 Å². The van der Waals surface area contributed by atoms with Gasteiger partial charge in [-0.25, -0.2) is 29.9 Å². The van der Waals surface area contributed by atoms with Crippen LogP contribution in [0.1, 0.15) is 140 Å². The largest absolute Gasteiger partial charge is 0.481 e. The van der Waals surface area contributed by atoms with E-state index in [4.69, 9.17) is 19.0 Å². The molecule has 0 fully saturated rings. The predicted octanol–water partition coefficient (Wildman–Crippen LogP) is 8.69. The second kappa shape index (κ2) is 28.5. The van der Waals surface area contributed by atoms with Crippen molar-refractivity contribution in [1.82, 2.24) is 29.9 Å². The maximum atomic E-state index is 12.5. The van der Waals surface area contributed by atoms with E-state index in [-0.39, 0.29) is 43.9 Å². The molecule has 0 aliphatic carbocycles. The molecule has 0 amide bonds. The summed E-state index contributed by atoms with van der Waals surface area (Å²) in [5.41, 5.74) is 5.90. The van der Waals surface area contributed by atoms with E-state index in [1.165, 1.54) is 63.4 Å². The van der Waals surface area contributed by atoms with Crippen molar-refractivity contribution < 1.29 is 37.9 Å². The first-order valence-electron chi connectivity index (χ1n) is 21.8. The van der Waals surface area contributed by atoms with E-state index >= 15 is 0 Å². The molecule has 0 saturated carbocycles. The van der Waals surface area contributed by atoms with Crippen LogP contribution in [0.2, 0.25) is 0 Å². The number of aliphatic carboxylic acids is 1. The molecule has 0 saturated heterocycles. The number of pyridine rings is 2. The molecule has 1 atom stereocenters. The van der Waals surface area contributed by atoms with E-state index in [2.05, 4.69) is 54.8 Å². The number of anilines is 2. The molecule has 6 heterocycles. The number of Topliss-reactive ketones (excluding diaryl/α,β-unsaturated/α-hetero) is 2. The summed E-state index contributed by atoms with van der Waals surface area (Å²) in [6.07, 6.45) is 19.6. The van der Waals surface area contributed by atoms with Crippen LogP contribution in [-0.2, 0) is 53.7 Å². The molecule has 0 spiro atoms. The first-order valence-corrected chi connectivity index (χ1v) is 23.6. The Labute approximate surface area is 378 Å². The van der Waals surface area contributed by atoms with Crippen LogP contribution in [0.3, 0.4) is 0 Å². The Morgan fingerprint density at radius 3 is 1.67 bits per heavy atom. The number of aryl methyl sites for hydroxylation is 6. The van der Waals surface area contributed by atoms with Gasteiger partial charge in [-0.3, -0.25) is 23.7 Å². The highest BCUT2D eigenvalue weighted by atomic mass is 31.2. The molecule has 0 aromatic carbocycles. The molecule has 0 radical (unpaired) electrons. The van der Waals surface area contributed by atoms with Gasteiger partial charge < -0.3 is 24.8 Å². The van der Waals surface area contributed by atoms with E-state index in [0.29, 0.717) is 35.6 Å². The monoisotopic (exact) mass is 902 g/mol. The van der Waals surface area contributed by atoms with E-state index in [1.54, 1.807) is 26.2 Å². The maximum absolute atomic E-state index is 12.5. The van der Waals surface area contributed by atoms with Gasteiger partial charge in [-0.15, -0.1) is 0 Å². The molecule has 1 unspecified atom stereocenters. The minimum atomic E-state index is -3.23. The number of carboxylic acids is 1. The predicted molar refractivity (Wildman–Crippen MR) is 248 cm³/mol. The Morgan fingerprint density at radius 1 is 0.719 bits per heavy atom. The number of aromatic nitrogens is 6. The second-order valence-electron chi connectivity index (χ2n) is 15.8. The number of fused-ring (bicyclic) bond motifs is 2. The summed E-state index contributed by atoms with van der Waals surface area (Å²) in [7, 11) is -0.629. The SMILES string of the molecule is C.COP(=O)(CC(=O)CCCCc1ccc2c(n1)NCCCC2)OC.Cc1ncc(C(CC(=O)O)CC(=O)CCCCc2ccc3c(n2)NCCCC3)cn1.Cc1ncc(C=O)cn1. The molecular weight excluding hydrogens is 836 g/mol. The number of carboxylic acid groups (broad SMARTS) is 1. The third-order valence-corrected chi connectivity index (χ3v) is 12.6. The summed E-state index contributed by atoms with van der Waals surface area (Å²) in [5, 5.41) is 16.0. The average molecular weight is 903 g/mol. The molecule has 3 N–H and O–H groups in total. The molecule has 0 bridgehead atoms. The molecule has 17 heteroatoms. The minimum Gasteiger partial charge on any atom is -0.481 e. The van der Waals surface area contributed by atoms with Gasteiger partial charge in [0.1, 0.15) is 41.0 Å². The molecular formula is C47H67N8O8P. The van der Waals surface area contributed by atoms with Crippen molar-refractivity contribution in [2.45, 2.75) is 130 Å². The van der Waals surface area contributed by atoms with Crippen molar-refractivity contribution in [3.63, 3.8) is 0 Å². The first kappa shape index (κ1) is 53.0. The quantitative estimate of drug-likeness (QED) is 0.0428. The number of rotatable bonds is 20. The Kier molecular flexibility index (Phi) is 23.6. The van der Waals surface area contributed by atoms with Gasteiger partial charge in [0.25, 0.3) is 0 Å². The van der Waals surface area contributed by atoms with E-state index < -0.39 is 13.6 Å². The minimum absolute atomic E-state index is 0. The molecule has 16 nitrogen and oxygen atoms in total. The van der Waals surface area contributed by atoms with Crippen LogP contribution < -0.4 is 10.6 Å². The van der Waals surface area contributed by atoms with Crippen molar-refractivity contribution in [1.29, 1.82) is 0 Å². The van der Waals surface area contributed by atoms with Crippen LogP contribution in [-0.4, -0.2) is 92.3 Å². The fraction of sp³-hybridized carbons (Fsp3) is 0.532. The number of carbonyl (C=O) groups is 4. The van der Waals surface area contributed by atoms with Gasteiger partial charge in [-0.05, 0) is 120 Å². The standard InChI is InChI=1S/C23H30N4O3.C17H27N2O4P.C6H6N2O.CH4/c1-16-25-14-19(15-26-16)18(13-22(29)30)12-21(28)8-3-2-7-20-10-9-17-6-4-5-11-24-23(17)27-20;1-22-24(21,23-2)13-16(20)9-4-3-8-15-11-10-14-7-5-6-12-18-17(14)19-15;1-5-7-2-6(4-9)3-8-5;/h9-10,14-15,18H,2-8,11-13H2,1H3,(H,24,27)(H,29,30);10-11H,3-9,12-13H2,1-2H3,(H,18,19);2-4H,1H3;1H4. The van der Waals surface area contributed by atoms with Gasteiger partial charge >= 0.3 is 13.6 Å². The van der Waals surface area contributed by atoms with Gasteiger partial charge in [0, 0.05) is 88.7 Å². The maximum Gasteiger partial charge on any atom is 0.337 e. The van der Waals surface area contributed by atoms with E-state index in [9.17, 15) is 28.8 Å². The normalized spacial score (nSPS) is 13.4. The lowest BCUT2D eigenvalue weighted by molar-refractivity contribution is -0.137. The molecule has 64 heavy (non-hydrogen) atoms. The molecule has 6 rings (SSSR count). The summed E-state index contributed by atoms with van der Waals surface area (Å²) >= 11 is 0. The number of nitrogens with one attached hydrogen (secondary N) is 2. The highest BCUT2D eigenvalue weighted by Crippen LogP contribution is 2.46. The average Bonchev–Trinajstić information content (AvgIpc) is 3.67. The topological polar surface area (TPSA) is 225 Å². The van der Waals surface area contributed by atoms with Crippen LogP contribution in [0.5, 0.6) is 0 Å². The van der Waals surface area contributed by atoms with Crippen LogP contribution in [0.25, 0.3) is 0 Å². The molecule has 2 aliphatic rings. The Hall–Kier alpha value is -5.31. The van der Waals surface area contributed by atoms with E-state index in [1.807, 2.05) is 0 Å². The summed E-state index contributed by atoms with van der Waals surface area (Å²) < 4.78 is 21.5. The smallest absolute Gasteiger partial charge is 0.337 e. The molecule has 4 aromatic heterocycles. The Bertz CT molecular complexity index is 2110. The number of hydrogen-bond donors (Lipinski definition) is 3. The number of nitrogens with zero attached hydrogens (tertiary/aromatic N) is 6. The number of aldehydes is 1. The summed E-state index contributed by atoms with van der Waals surface area (Å²) in [6, 6.07) is 8.50. The summed E-state index contributed by atoms with van der Waals surface area (Å²) in [5.74, 6) is 2.03. The lowest BCUT2D eigenvalue weighted by Gasteiger charge is -2.14. The van der Waals surface area contributed by atoms with Crippen molar-refractivity contribution in [3.05, 3.63) is 94.3 Å². The zero-order chi connectivity index (χ0) is 45.5. The lowest BCUT2D eigenvalue weighted by atomic mass is 9.91. The fourth-order valence-corrected chi connectivity index (χ4v) is 8.06. The number of unbranched alkanes of at least 4 members (excludes halogenated alkanes) is 2. The van der Waals surface area contributed by atoms with Crippen molar-refractivity contribution in [2.75, 3.05) is 44.1 Å². The van der Waals surface area contributed by atoms with Crippen LogP contribution in [0.15, 0.2) is 49.1 Å². The molecule has 2 aliphatic heterocycles. The van der Waals surface area contributed by atoms with Crippen LogP contribution in [0, 0.1) is 13.8 Å². The number of hydrogen-bond acceptors (Lipinski definition) is 15. The van der Waals surface area contributed by atoms with Gasteiger partial charge in [0.15, 0.2) is 6.29 Å². The highest BCUT2D eigenvalue weighted by molar-refractivity contribution is 7.54. The fourth-order valence-electron chi connectivity index (χ4n) is 7.07. The lowest BCUT2D eigenvalue weighted by Crippen LogP contribution is -2.12. The third kappa shape index (κ3) is 19.2. The summed E-state index contributed by atoms with van der Waals surface area (Å²) in [4.78, 5) is 70.9. The number of carbonyl (C=O) groups excluding carboxylic acids is 3. The van der Waals surface area contributed by atoms with Gasteiger partial charge in [0.05, 0.1) is 12.0 Å². The van der Waals surface area contributed by atoms with Crippen molar-refractivity contribution >= 4 is 43.1 Å². The Morgan fingerprint density at radius 2 is 1.20 bits per heavy atom. The van der Waals surface area contributed by atoms with Gasteiger partial charge in [-0.2, -0.15) is 0 Å². The van der Waals surface area contributed by atoms with Crippen molar-refractivity contribution in [2.24, 2.45) is 0 Å². The number of ketones is 2. The highest BCUT2D eigenvalue weighted by Gasteiger charge is 2.25.